The van der Waals surface area contributed by atoms with Crippen LogP contribution in [-0.2, 0) is 9.53 Å². The number of rotatable bonds is 5. The predicted molar refractivity (Wildman–Crippen MR) is 59.7 cm³/mol. The van der Waals surface area contributed by atoms with Crippen molar-refractivity contribution in [3.05, 3.63) is 0 Å². The van der Waals surface area contributed by atoms with Gasteiger partial charge in [-0.3, -0.25) is 4.79 Å². The minimum Gasteiger partial charge on any atom is -0.468 e. The first-order valence-electron chi connectivity index (χ1n) is 5.76. The number of methoxy groups -OCH3 is 1. The van der Waals surface area contributed by atoms with Crippen LogP contribution in [0.2, 0.25) is 0 Å². The summed E-state index contributed by atoms with van der Waals surface area (Å²) in [6.45, 7) is 3.55. The maximum atomic E-state index is 10.9. The first-order chi connectivity index (χ1) is 7.22. The average molecular weight is 214 g/mol. The van der Waals surface area contributed by atoms with Crippen molar-refractivity contribution >= 4 is 5.97 Å². The molecule has 15 heavy (non-hydrogen) atoms. The molecular formula is C11H22N2O2. The van der Waals surface area contributed by atoms with Gasteiger partial charge in [0, 0.05) is 12.1 Å². The van der Waals surface area contributed by atoms with E-state index in [1.165, 1.54) is 26.4 Å². The number of piperidine rings is 1. The quantitative estimate of drug-likeness (QED) is 0.660. The van der Waals surface area contributed by atoms with Crippen molar-refractivity contribution in [1.82, 2.24) is 10.6 Å². The summed E-state index contributed by atoms with van der Waals surface area (Å²) in [7, 11) is 1.41. The lowest BCUT2D eigenvalue weighted by molar-refractivity contribution is -0.139. The highest BCUT2D eigenvalue weighted by Gasteiger charge is 2.15. The summed E-state index contributed by atoms with van der Waals surface area (Å²) in [4.78, 5) is 10.9. The minimum absolute atomic E-state index is 0.196. The van der Waals surface area contributed by atoms with Crippen LogP contribution in [0.15, 0.2) is 0 Å². The Morgan fingerprint density at radius 3 is 3.00 bits per heavy atom. The monoisotopic (exact) mass is 214 g/mol. The number of carbonyl (C=O) groups is 1. The first kappa shape index (κ1) is 12.5. The maximum Gasteiger partial charge on any atom is 0.319 e. The molecular weight excluding hydrogens is 192 g/mol. The largest absolute Gasteiger partial charge is 0.468 e. The average Bonchev–Trinajstić information content (AvgIpc) is 2.27. The van der Waals surface area contributed by atoms with Crippen molar-refractivity contribution in [2.75, 3.05) is 20.2 Å². The normalized spacial score (nSPS) is 23.5. The third-order valence-corrected chi connectivity index (χ3v) is 2.87. The predicted octanol–water partition coefficient (Wildman–Crippen LogP) is 0.670. The van der Waals surface area contributed by atoms with Crippen molar-refractivity contribution in [2.45, 2.75) is 44.7 Å². The molecule has 0 radical (unpaired) electrons. The second kappa shape index (κ2) is 6.80. The molecule has 0 bridgehead atoms. The van der Waals surface area contributed by atoms with Gasteiger partial charge in [-0.25, -0.2) is 0 Å². The van der Waals surface area contributed by atoms with E-state index >= 15 is 0 Å². The van der Waals surface area contributed by atoms with E-state index in [4.69, 9.17) is 0 Å². The standard InChI is InChI=1S/C11H22N2O2/c1-9(13-8-11(14)15-2)7-10-5-3-4-6-12-10/h9-10,12-13H,3-8H2,1-2H3. The maximum absolute atomic E-state index is 10.9. The molecule has 0 aromatic heterocycles. The van der Waals surface area contributed by atoms with E-state index in [2.05, 4.69) is 22.3 Å². The summed E-state index contributed by atoms with van der Waals surface area (Å²) in [6, 6.07) is 0.971. The van der Waals surface area contributed by atoms with Crippen LogP contribution in [0.3, 0.4) is 0 Å². The van der Waals surface area contributed by atoms with Gasteiger partial charge in [-0.2, -0.15) is 0 Å². The fourth-order valence-electron chi connectivity index (χ4n) is 1.97. The van der Waals surface area contributed by atoms with Gasteiger partial charge in [-0.15, -0.1) is 0 Å². The molecule has 2 N–H and O–H groups in total. The molecule has 1 aliphatic rings. The summed E-state index contributed by atoms with van der Waals surface area (Å²) < 4.78 is 4.57. The Balaban J connectivity index is 2.11. The first-order valence-corrected chi connectivity index (χ1v) is 5.76. The van der Waals surface area contributed by atoms with Crippen molar-refractivity contribution in [1.29, 1.82) is 0 Å². The molecule has 0 spiro atoms. The molecule has 2 unspecified atom stereocenters. The van der Waals surface area contributed by atoms with Crippen LogP contribution in [0.5, 0.6) is 0 Å². The van der Waals surface area contributed by atoms with Crippen LogP contribution in [-0.4, -0.2) is 38.3 Å². The van der Waals surface area contributed by atoms with E-state index in [9.17, 15) is 4.79 Å². The fourth-order valence-corrected chi connectivity index (χ4v) is 1.97. The lowest BCUT2D eigenvalue weighted by atomic mass is 9.99. The molecule has 1 aliphatic heterocycles. The molecule has 0 aromatic carbocycles. The van der Waals surface area contributed by atoms with Crippen molar-refractivity contribution in [3.63, 3.8) is 0 Å². The number of hydrogen-bond acceptors (Lipinski definition) is 4. The van der Waals surface area contributed by atoms with E-state index in [0.29, 0.717) is 18.6 Å². The van der Waals surface area contributed by atoms with Crippen LogP contribution in [0.4, 0.5) is 0 Å². The lowest BCUT2D eigenvalue weighted by Crippen LogP contribution is -2.41. The van der Waals surface area contributed by atoms with Crippen molar-refractivity contribution < 1.29 is 9.53 Å². The van der Waals surface area contributed by atoms with Crippen molar-refractivity contribution in [2.24, 2.45) is 0 Å². The van der Waals surface area contributed by atoms with Gasteiger partial charge in [-0.05, 0) is 32.7 Å². The van der Waals surface area contributed by atoms with E-state index in [0.717, 1.165) is 13.0 Å². The number of carbonyl (C=O) groups excluding carboxylic acids is 1. The Kier molecular flexibility index (Phi) is 5.65. The van der Waals surface area contributed by atoms with Crippen LogP contribution in [0.25, 0.3) is 0 Å². The third-order valence-electron chi connectivity index (χ3n) is 2.87. The minimum atomic E-state index is -0.196. The SMILES string of the molecule is COC(=O)CNC(C)CC1CCCCN1. The Bertz CT molecular complexity index is 191. The van der Waals surface area contributed by atoms with Gasteiger partial charge < -0.3 is 15.4 Å². The molecule has 1 heterocycles. The van der Waals surface area contributed by atoms with E-state index in [1.807, 2.05) is 0 Å². The van der Waals surface area contributed by atoms with Gasteiger partial charge in [0.15, 0.2) is 0 Å². The number of hydrogen-bond donors (Lipinski definition) is 2. The van der Waals surface area contributed by atoms with Gasteiger partial charge in [0.2, 0.25) is 0 Å². The highest BCUT2D eigenvalue weighted by Crippen LogP contribution is 2.11. The van der Waals surface area contributed by atoms with Gasteiger partial charge in [0.05, 0.1) is 13.7 Å². The lowest BCUT2D eigenvalue weighted by Gasteiger charge is -2.26. The highest BCUT2D eigenvalue weighted by molar-refractivity contribution is 5.71. The van der Waals surface area contributed by atoms with E-state index in [-0.39, 0.29) is 5.97 Å². The van der Waals surface area contributed by atoms with Crippen LogP contribution in [0.1, 0.15) is 32.6 Å². The zero-order valence-corrected chi connectivity index (χ0v) is 9.71. The Labute approximate surface area is 91.8 Å². The summed E-state index contributed by atoms with van der Waals surface area (Å²) >= 11 is 0. The highest BCUT2D eigenvalue weighted by atomic mass is 16.5. The molecule has 0 amide bonds. The van der Waals surface area contributed by atoms with Crippen LogP contribution < -0.4 is 10.6 Å². The van der Waals surface area contributed by atoms with Crippen molar-refractivity contribution in [3.8, 4) is 0 Å². The van der Waals surface area contributed by atoms with Gasteiger partial charge in [-0.1, -0.05) is 6.42 Å². The Morgan fingerprint density at radius 2 is 2.40 bits per heavy atom. The number of nitrogens with one attached hydrogen (secondary N) is 2. The summed E-state index contributed by atoms with van der Waals surface area (Å²) in [5.41, 5.74) is 0. The molecule has 0 aliphatic carbocycles. The zero-order chi connectivity index (χ0) is 11.1. The molecule has 1 rings (SSSR count). The topological polar surface area (TPSA) is 50.4 Å². The summed E-state index contributed by atoms with van der Waals surface area (Å²) in [6.07, 6.45) is 4.95. The number of ether oxygens (including phenoxy) is 1. The van der Waals surface area contributed by atoms with Gasteiger partial charge in [0.25, 0.3) is 0 Å². The Hall–Kier alpha value is -0.610. The second-order valence-electron chi connectivity index (χ2n) is 4.24. The second-order valence-corrected chi connectivity index (χ2v) is 4.24. The molecule has 1 fully saturated rings. The van der Waals surface area contributed by atoms with E-state index < -0.39 is 0 Å². The molecule has 88 valence electrons. The van der Waals surface area contributed by atoms with E-state index in [1.54, 1.807) is 0 Å². The molecule has 4 nitrogen and oxygen atoms in total. The fraction of sp³-hybridized carbons (Fsp3) is 0.909. The summed E-state index contributed by atoms with van der Waals surface area (Å²) in [5, 5.41) is 6.66. The molecule has 4 heteroatoms. The van der Waals surface area contributed by atoms with Gasteiger partial charge >= 0.3 is 5.97 Å². The molecule has 0 saturated carbocycles. The summed E-state index contributed by atoms with van der Waals surface area (Å²) in [5.74, 6) is -0.196. The third kappa shape index (κ3) is 5.14. The van der Waals surface area contributed by atoms with Crippen LogP contribution >= 0.6 is 0 Å². The zero-order valence-electron chi connectivity index (χ0n) is 9.71. The van der Waals surface area contributed by atoms with Crippen LogP contribution in [0, 0.1) is 0 Å². The molecule has 0 aromatic rings. The van der Waals surface area contributed by atoms with Gasteiger partial charge in [0.1, 0.15) is 0 Å². The smallest absolute Gasteiger partial charge is 0.319 e. The Morgan fingerprint density at radius 1 is 1.60 bits per heavy atom. The molecule has 2 atom stereocenters. The number of esters is 1. The molecule has 1 saturated heterocycles.